The zero-order valence-electron chi connectivity index (χ0n) is 10.2. The van der Waals surface area contributed by atoms with Crippen molar-refractivity contribution in [2.75, 3.05) is 7.11 Å². The molecule has 1 unspecified atom stereocenters. The smallest absolute Gasteiger partial charge is 0.342 e. The van der Waals surface area contributed by atoms with Crippen molar-refractivity contribution in [3.05, 3.63) is 0 Å². The summed E-state index contributed by atoms with van der Waals surface area (Å²) < 4.78 is 0. The second-order valence-electron chi connectivity index (χ2n) is 3.66. The van der Waals surface area contributed by atoms with Crippen LogP contribution in [0, 0.1) is 0 Å². The third kappa shape index (κ3) is 7.29. The number of amides is 2. The summed E-state index contributed by atoms with van der Waals surface area (Å²) in [5, 5.41) is 4.98. The average molecular weight is 246 g/mol. The Hall–Kier alpha value is -1.63. The molecule has 0 aliphatic heterocycles. The Morgan fingerprint density at radius 1 is 1.35 bits per heavy atom. The topological polar surface area (TPSA) is 93.7 Å². The molecule has 7 nitrogen and oxygen atoms in total. The molecule has 1 atom stereocenters. The van der Waals surface area contributed by atoms with E-state index in [1.807, 2.05) is 0 Å². The van der Waals surface area contributed by atoms with Gasteiger partial charge in [-0.2, -0.15) is 4.89 Å². The molecule has 2 N–H and O–H groups in total. The van der Waals surface area contributed by atoms with Crippen LogP contribution in [0.25, 0.3) is 0 Å². The maximum absolute atomic E-state index is 11.6. The van der Waals surface area contributed by atoms with Crippen LogP contribution in [0.2, 0.25) is 0 Å². The minimum absolute atomic E-state index is 0.0230. The SMILES string of the molecule is COOC(=O)CCC(NC=O)C(=O)NC(C)C. The molecule has 0 saturated carbocycles. The van der Waals surface area contributed by atoms with Gasteiger partial charge in [0.1, 0.15) is 6.04 Å². The summed E-state index contributed by atoms with van der Waals surface area (Å²) in [6, 6.07) is -0.788. The first kappa shape index (κ1) is 15.4. The number of hydrogen-bond acceptors (Lipinski definition) is 5. The van der Waals surface area contributed by atoms with Crippen LogP contribution in [0.1, 0.15) is 26.7 Å². The predicted molar refractivity (Wildman–Crippen MR) is 58.6 cm³/mol. The molecule has 17 heavy (non-hydrogen) atoms. The molecule has 0 aromatic heterocycles. The Bertz CT molecular complexity index is 267. The van der Waals surface area contributed by atoms with Crippen LogP contribution in [0.5, 0.6) is 0 Å². The van der Waals surface area contributed by atoms with Crippen LogP contribution in [-0.4, -0.2) is 37.5 Å². The van der Waals surface area contributed by atoms with Crippen molar-refractivity contribution in [3.63, 3.8) is 0 Å². The zero-order chi connectivity index (χ0) is 13.3. The molecule has 7 heteroatoms. The fraction of sp³-hybridized carbons (Fsp3) is 0.700. The Morgan fingerprint density at radius 3 is 2.47 bits per heavy atom. The summed E-state index contributed by atoms with van der Waals surface area (Å²) in [4.78, 5) is 41.4. The van der Waals surface area contributed by atoms with Crippen molar-refractivity contribution in [1.29, 1.82) is 0 Å². The summed E-state index contributed by atoms with van der Waals surface area (Å²) in [5.41, 5.74) is 0. The molecule has 0 aromatic carbocycles. The van der Waals surface area contributed by atoms with Gasteiger partial charge in [0.25, 0.3) is 0 Å². The van der Waals surface area contributed by atoms with E-state index in [1.54, 1.807) is 13.8 Å². The Morgan fingerprint density at radius 2 is 2.00 bits per heavy atom. The van der Waals surface area contributed by atoms with Crippen molar-refractivity contribution in [2.45, 2.75) is 38.8 Å². The van der Waals surface area contributed by atoms with E-state index < -0.39 is 12.0 Å². The first-order valence-corrected chi connectivity index (χ1v) is 5.24. The fourth-order valence-corrected chi connectivity index (χ4v) is 1.15. The van der Waals surface area contributed by atoms with Gasteiger partial charge in [0.15, 0.2) is 0 Å². The predicted octanol–water partition coefficient (Wildman–Crippen LogP) is -0.490. The first-order chi connectivity index (χ1) is 8.01. The quantitative estimate of drug-likeness (QED) is 0.342. The molecule has 0 bridgehead atoms. The minimum Gasteiger partial charge on any atom is -0.352 e. The van der Waals surface area contributed by atoms with Crippen molar-refractivity contribution in [1.82, 2.24) is 10.6 Å². The van der Waals surface area contributed by atoms with Gasteiger partial charge in [-0.15, -0.1) is 0 Å². The van der Waals surface area contributed by atoms with Crippen LogP contribution in [0.4, 0.5) is 0 Å². The molecule has 98 valence electrons. The van der Waals surface area contributed by atoms with E-state index in [9.17, 15) is 14.4 Å². The number of carbonyl (C=O) groups is 3. The number of carbonyl (C=O) groups excluding carboxylic acids is 3. The van der Waals surface area contributed by atoms with Gasteiger partial charge in [0, 0.05) is 6.04 Å². The highest BCUT2D eigenvalue weighted by Gasteiger charge is 2.19. The number of rotatable bonds is 8. The van der Waals surface area contributed by atoms with Crippen LogP contribution in [0.15, 0.2) is 0 Å². The summed E-state index contributed by atoms with van der Waals surface area (Å²) in [7, 11) is 1.21. The third-order valence-corrected chi connectivity index (χ3v) is 1.83. The lowest BCUT2D eigenvalue weighted by Gasteiger charge is -2.17. The Kier molecular flexibility index (Phi) is 7.70. The Labute approximate surface area is 99.8 Å². The van der Waals surface area contributed by atoms with Crippen LogP contribution < -0.4 is 10.6 Å². The van der Waals surface area contributed by atoms with Gasteiger partial charge in [0.05, 0.1) is 13.5 Å². The van der Waals surface area contributed by atoms with Crippen molar-refractivity contribution >= 4 is 18.3 Å². The van der Waals surface area contributed by atoms with Gasteiger partial charge in [-0.05, 0) is 20.3 Å². The van der Waals surface area contributed by atoms with Gasteiger partial charge in [-0.1, -0.05) is 0 Å². The van der Waals surface area contributed by atoms with E-state index >= 15 is 0 Å². The summed E-state index contributed by atoms with van der Waals surface area (Å²) >= 11 is 0. The lowest BCUT2D eigenvalue weighted by atomic mass is 10.1. The van der Waals surface area contributed by atoms with Crippen LogP contribution >= 0.6 is 0 Å². The standard InChI is InChI=1S/C10H18N2O5/c1-7(2)12-10(15)8(11-6-13)4-5-9(14)17-16-3/h6-8H,4-5H2,1-3H3,(H,11,13)(H,12,15). The molecule has 0 aromatic rings. The lowest BCUT2D eigenvalue weighted by molar-refractivity contribution is -0.255. The Balaban J connectivity index is 4.18. The van der Waals surface area contributed by atoms with Gasteiger partial charge in [-0.3, -0.25) is 14.5 Å². The molecule has 0 heterocycles. The largest absolute Gasteiger partial charge is 0.352 e. The lowest BCUT2D eigenvalue weighted by Crippen LogP contribution is -2.46. The van der Waals surface area contributed by atoms with Crippen LogP contribution in [-0.2, 0) is 24.2 Å². The summed E-state index contributed by atoms with van der Waals surface area (Å²) in [6.07, 6.45) is 0.552. The van der Waals surface area contributed by atoms with E-state index in [-0.39, 0.29) is 24.8 Å². The highest BCUT2D eigenvalue weighted by atomic mass is 17.2. The molecule has 2 amide bonds. The van der Waals surface area contributed by atoms with Gasteiger partial charge in [-0.25, -0.2) is 4.79 Å². The highest BCUT2D eigenvalue weighted by molar-refractivity contribution is 5.84. The van der Waals surface area contributed by atoms with Crippen LogP contribution in [0.3, 0.4) is 0 Å². The molecule has 0 fully saturated rings. The van der Waals surface area contributed by atoms with Gasteiger partial charge < -0.3 is 10.6 Å². The third-order valence-electron chi connectivity index (χ3n) is 1.83. The van der Waals surface area contributed by atoms with E-state index in [4.69, 9.17) is 0 Å². The number of nitrogens with one attached hydrogen (secondary N) is 2. The van der Waals surface area contributed by atoms with Crippen molar-refractivity contribution < 1.29 is 24.2 Å². The number of hydrogen-bond donors (Lipinski definition) is 2. The van der Waals surface area contributed by atoms with E-state index in [0.717, 1.165) is 0 Å². The molecule has 0 spiro atoms. The van der Waals surface area contributed by atoms with Crippen molar-refractivity contribution in [2.24, 2.45) is 0 Å². The molecule has 0 aliphatic rings. The molecule has 0 radical (unpaired) electrons. The second-order valence-corrected chi connectivity index (χ2v) is 3.66. The summed E-state index contributed by atoms with van der Waals surface area (Å²) in [5.74, 6) is -0.931. The first-order valence-electron chi connectivity index (χ1n) is 5.24. The fourth-order valence-electron chi connectivity index (χ4n) is 1.15. The van der Waals surface area contributed by atoms with Crippen molar-refractivity contribution in [3.8, 4) is 0 Å². The summed E-state index contributed by atoms with van der Waals surface area (Å²) in [6.45, 7) is 3.60. The van der Waals surface area contributed by atoms with Gasteiger partial charge >= 0.3 is 5.97 Å². The average Bonchev–Trinajstić information content (AvgIpc) is 2.23. The molecular formula is C10H18N2O5. The normalized spacial score (nSPS) is 11.8. The maximum Gasteiger partial charge on any atom is 0.342 e. The van der Waals surface area contributed by atoms with E-state index in [2.05, 4.69) is 20.4 Å². The monoisotopic (exact) mass is 246 g/mol. The van der Waals surface area contributed by atoms with E-state index in [0.29, 0.717) is 6.41 Å². The van der Waals surface area contributed by atoms with E-state index in [1.165, 1.54) is 7.11 Å². The second kappa shape index (κ2) is 8.51. The molecular weight excluding hydrogens is 228 g/mol. The van der Waals surface area contributed by atoms with Gasteiger partial charge in [0.2, 0.25) is 12.3 Å². The maximum atomic E-state index is 11.6. The highest BCUT2D eigenvalue weighted by Crippen LogP contribution is 2.00. The zero-order valence-corrected chi connectivity index (χ0v) is 10.2. The molecule has 0 aliphatic carbocycles. The molecule has 0 rings (SSSR count). The minimum atomic E-state index is -0.751. The molecule has 0 saturated heterocycles.